The number of hydrogen-bond donors (Lipinski definition) is 1. The summed E-state index contributed by atoms with van der Waals surface area (Å²) in [5, 5.41) is 13.5. The monoisotopic (exact) mass is 491 g/mol. The molecule has 4 aromatic rings. The molecule has 1 aliphatic heterocycles. The van der Waals surface area contributed by atoms with Gasteiger partial charge in [0.2, 0.25) is 0 Å². The van der Waals surface area contributed by atoms with Gasteiger partial charge < -0.3 is 14.6 Å². The highest BCUT2D eigenvalue weighted by Gasteiger charge is 2.33. The number of rotatable bonds is 7. The molecule has 1 N–H and O–H groups in total. The lowest BCUT2D eigenvalue weighted by Gasteiger charge is -2.39. The number of methoxy groups -OCH3 is 1. The van der Waals surface area contributed by atoms with E-state index in [9.17, 15) is 9.18 Å². The van der Waals surface area contributed by atoms with Crippen LogP contribution in [0.1, 0.15) is 28.6 Å². The van der Waals surface area contributed by atoms with Crippen molar-refractivity contribution >= 4 is 16.6 Å². The minimum absolute atomic E-state index is 0.150. The number of pyridine rings is 1. The van der Waals surface area contributed by atoms with E-state index in [1.54, 1.807) is 23.9 Å². The van der Waals surface area contributed by atoms with Crippen LogP contribution >= 0.6 is 0 Å². The van der Waals surface area contributed by atoms with Crippen LogP contribution in [0, 0.1) is 19.7 Å². The molecule has 0 radical (unpaired) electrons. The van der Waals surface area contributed by atoms with Gasteiger partial charge in [0.1, 0.15) is 11.9 Å². The van der Waals surface area contributed by atoms with Gasteiger partial charge in [0.15, 0.2) is 5.82 Å². The van der Waals surface area contributed by atoms with E-state index < -0.39 is 6.04 Å². The average molecular weight is 492 g/mol. The van der Waals surface area contributed by atoms with E-state index in [4.69, 9.17) is 4.74 Å². The first-order valence-electron chi connectivity index (χ1n) is 12.1. The van der Waals surface area contributed by atoms with Crippen molar-refractivity contribution in [3.8, 4) is 0 Å². The van der Waals surface area contributed by atoms with E-state index >= 15 is 0 Å². The van der Waals surface area contributed by atoms with Crippen molar-refractivity contribution < 1.29 is 9.13 Å². The summed E-state index contributed by atoms with van der Waals surface area (Å²) in [7, 11) is 1.63. The van der Waals surface area contributed by atoms with Gasteiger partial charge in [-0.1, -0.05) is 12.1 Å². The molecule has 0 spiro atoms. The molecule has 188 valence electrons. The quantitative estimate of drug-likeness (QED) is 0.425. The first-order chi connectivity index (χ1) is 17.5. The summed E-state index contributed by atoms with van der Waals surface area (Å²) in [5.41, 5.74) is 4.40. The summed E-state index contributed by atoms with van der Waals surface area (Å²) in [6.45, 7) is 7.80. The lowest BCUT2D eigenvalue weighted by Crippen LogP contribution is -2.49. The molecule has 1 aliphatic rings. The van der Waals surface area contributed by atoms with Crippen LogP contribution in [0.5, 0.6) is 0 Å². The van der Waals surface area contributed by atoms with Crippen LogP contribution < -0.4 is 10.5 Å². The number of ether oxygens (including phenoxy) is 1. The molecule has 2 aromatic heterocycles. The van der Waals surface area contributed by atoms with Gasteiger partial charge in [-0.3, -0.25) is 9.69 Å². The van der Waals surface area contributed by atoms with Gasteiger partial charge in [0, 0.05) is 49.9 Å². The zero-order valence-electron chi connectivity index (χ0n) is 20.7. The molecular formula is C26H30FN7O2. The third-order valence-corrected chi connectivity index (χ3v) is 6.95. The number of fused-ring (bicyclic) bond motifs is 1. The highest BCUT2D eigenvalue weighted by atomic mass is 19.1. The number of aromatic amines is 1. The molecular weight excluding hydrogens is 461 g/mol. The zero-order valence-corrected chi connectivity index (χ0v) is 20.7. The maximum atomic E-state index is 13.5. The fourth-order valence-corrected chi connectivity index (χ4v) is 4.93. The lowest BCUT2D eigenvalue weighted by atomic mass is 9.99. The number of nitrogens with zero attached hydrogens (tertiary/aromatic N) is 6. The Hall–Kier alpha value is -3.63. The first kappa shape index (κ1) is 24.1. The maximum absolute atomic E-state index is 13.5. The van der Waals surface area contributed by atoms with Crippen LogP contribution in [0.15, 0.2) is 47.3 Å². The molecule has 10 heteroatoms. The largest absolute Gasteiger partial charge is 0.383 e. The molecule has 1 saturated heterocycles. The highest BCUT2D eigenvalue weighted by Crippen LogP contribution is 2.30. The van der Waals surface area contributed by atoms with Gasteiger partial charge in [-0.25, -0.2) is 9.07 Å². The van der Waals surface area contributed by atoms with Gasteiger partial charge in [-0.2, -0.15) is 0 Å². The number of halogens is 1. The first-order valence-corrected chi connectivity index (χ1v) is 12.1. The highest BCUT2D eigenvalue weighted by molar-refractivity contribution is 5.85. The number of H-pyrrole nitrogens is 1. The summed E-state index contributed by atoms with van der Waals surface area (Å²) in [5.74, 6) is 0.360. The molecule has 5 rings (SSSR count). The number of anilines is 1. The Morgan fingerprint density at radius 1 is 1.06 bits per heavy atom. The van der Waals surface area contributed by atoms with Crippen molar-refractivity contribution in [2.24, 2.45) is 0 Å². The van der Waals surface area contributed by atoms with Crippen molar-refractivity contribution in [3.63, 3.8) is 0 Å². The van der Waals surface area contributed by atoms with Crippen molar-refractivity contribution in [3.05, 3.63) is 81.2 Å². The molecule has 2 aromatic carbocycles. The normalized spacial score (nSPS) is 15.5. The predicted molar refractivity (Wildman–Crippen MR) is 136 cm³/mol. The second kappa shape index (κ2) is 10.2. The summed E-state index contributed by atoms with van der Waals surface area (Å²) >= 11 is 0. The Labute approximate surface area is 208 Å². The molecule has 0 saturated carbocycles. The van der Waals surface area contributed by atoms with Gasteiger partial charge in [0.25, 0.3) is 5.56 Å². The minimum atomic E-state index is -0.430. The number of benzene rings is 2. The molecule has 0 aliphatic carbocycles. The molecule has 1 atom stereocenters. The molecule has 0 unspecified atom stereocenters. The Morgan fingerprint density at radius 2 is 1.78 bits per heavy atom. The van der Waals surface area contributed by atoms with Gasteiger partial charge >= 0.3 is 0 Å². The fourth-order valence-electron chi connectivity index (χ4n) is 4.93. The number of nitrogens with one attached hydrogen (secondary N) is 1. The SMILES string of the molecule is COCCn1nnnc1[C@@H](c1cc2c(C)ccc(C)c2[nH]c1=O)N1CCN(c2ccc(F)cc2)CC1. The van der Waals surface area contributed by atoms with Crippen LogP contribution in [0.3, 0.4) is 0 Å². The Bertz CT molecular complexity index is 1410. The van der Waals surface area contributed by atoms with Crippen LogP contribution in [0.25, 0.3) is 10.9 Å². The third kappa shape index (κ3) is 4.61. The Kier molecular flexibility index (Phi) is 6.80. The molecule has 3 heterocycles. The maximum Gasteiger partial charge on any atom is 0.253 e. The molecule has 0 bridgehead atoms. The Balaban J connectivity index is 1.54. The number of aromatic nitrogens is 5. The summed E-state index contributed by atoms with van der Waals surface area (Å²) in [6.07, 6.45) is 0. The van der Waals surface area contributed by atoms with Crippen LogP contribution in [-0.4, -0.2) is 70.0 Å². The van der Waals surface area contributed by atoms with Crippen molar-refractivity contribution in [1.29, 1.82) is 0 Å². The van der Waals surface area contributed by atoms with E-state index in [0.29, 0.717) is 37.6 Å². The number of tetrazole rings is 1. The van der Waals surface area contributed by atoms with Crippen LogP contribution in [0.2, 0.25) is 0 Å². The smallest absolute Gasteiger partial charge is 0.253 e. The van der Waals surface area contributed by atoms with Crippen molar-refractivity contribution in [2.75, 3.05) is 44.8 Å². The van der Waals surface area contributed by atoms with Crippen LogP contribution in [0.4, 0.5) is 10.1 Å². The standard InChI is InChI=1S/C26H30FN7O2/c1-17-4-5-18(2)23-21(17)16-22(26(35)28-23)24(25-29-30-31-34(25)14-15-36-3)33-12-10-32(11-13-33)20-8-6-19(27)7-9-20/h4-9,16,24H,10-15H2,1-3H3,(H,28,35)/t24-/m1/s1. The van der Waals surface area contributed by atoms with E-state index in [1.807, 2.05) is 26.0 Å². The van der Waals surface area contributed by atoms with E-state index in [1.165, 1.54) is 12.1 Å². The van der Waals surface area contributed by atoms with Gasteiger partial charge in [-0.05, 0) is 65.7 Å². The van der Waals surface area contributed by atoms with Gasteiger partial charge in [-0.15, -0.1) is 5.10 Å². The minimum Gasteiger partial charge on any atom is -0.383 e. The topological polar surface area (TPSA) is 92.2 Å². The number of aryl methyl sites for hydroxylation is 2. The fraction of sp³-hybridized carbons (Fsp3) is 0.385. The molecule has 0 amide bonds. The van der Waals surface area contributed by atoms with E-state index in [2.05, 4.69) is 36.4 Å². The van der Waals surface area contributed by atoms with E-state index in [-0.39, 0.29) is 11.4 Å². The average Bonchev–Trinajstić information content (AvgIpc) is 3.35. The number of piperazine rings is 1. The summed E-state index contributed by atoms with van der Waals surface area (Å²) in [6, 6.07) is 12.2. The zero-order chi connectivity index (χ0) is 25.2. The van der Waals surface area contributed by atoms with Crippen molar-refractivity contribution in [2.45, 2.75) is 26.4 Å². The molecule has 9 nitrogen and oxygen atoms in total. The predicted octanol–water partition coefficient (Wildman–Crippen LogP) is 2.83. The third-order valence-electron chi connectivity index (χ3n) is 6.95. The molecule has 36 heavy (non-hydrogen) atoms. The molecule has 1 fully saturated rings. The lowest BCUT2D eigenvalue weighted by molar-refractivity contribution is 0.171. The second-order valence-corrected chi connectivity index (χ2v) is 9.20. The Morgan fingerprint density at radius 3 is 2.50 bits per heavy atom. The second-order valence-electron chi connectivity index (χ2n) is 9.20. The van der Waals surface area contributed by atoms with Gasteiger partial charge in [0.05, 0.1) is 18.7 Å². The number of hydrogen-bond acceptors (Lipinski definition) is 7. The van der Waals surface area contributed by atoms with Crippen molar-refractivity contribution in [1.82, 2.24) is 30.1 Å². The van der Waals surface area contributed by atoms with E-state index in [0.717, 1.165) is 40.8 Å². The summed E-state index contributed by atoms with van der Waals surface area (Å²) < 4.78 is 20.4. The van der Waals surface area contributed by atoms with Crippen LogP contribution in [-0.2, 0) is 11.3 Å². The summed E-state index contributed by atoms with van der Waals surface area (Å²) in [4.78, 5) is 21.1.